The quantitative estimate of drug-likeness (QED) is 0.618. The van der Waals surface area contributed by atoms with Crippen molar-refractivity contribution in [2.75, 3.05) is 18.5 Å². The van der Waals surface area contributed by atoms with Gasteiger partial charge in [0.1, 0.15) is 12.4 Å². The first kappa shape index (κ1) is 19.4. The van der Waals surface area contributed by atoms with Crippen LogP contribution in [0.1, 0.15) is 5.56 Å². The normalized spacial score (nSPS) is 11.5. The van der Waals surface area contributed by atoms with E-state index in [1.54, 1.807) is 0 Å². The van der Waals surface area contributed by atoms with E-state index in [-0.39, 0.29) is 12.5 Å². The molecule has 146 valence electrons. The largest absolute Gasteiger partial charge is 0.406 e. The van der Waals surface area contributed by atoms with Gasteiger partial charge in [0, 0.05) is 37.3 Å². The van der Waals surface area contributed by atoms with Gasteiger partial charge in [0.25, 0.3) is 5.56 Å². The third kappa shape index (κ3) is 4.87. The first-order chi connectivity index (χ1) is 13.2. The summed E-state index contributed by atoms with van der Waals surface area (Å²) in [6, 6.07) is 3.96. The fraction of sp³-hybridized carbons (Fsp3) is 0.235. The van der Waals surface area contributed by atoms with Crippen molar-refractivity contribution in [3.63, 3.8) is 0 Å². The van der Waals surface area contributed by atoms with Crippen molar-refractivity contribution in [1.82, 2.24) is 24.7 Å². The van der Waals surface area contributed by atoms with Crippen LogP contribution in [0, 0.1) is 5.82 Å². The lowest BCUT2D eigenvalue weighted by molar-refractivity contribution is -0.119. The molecule has 7 nitrogen and oxygen atoms in total. The summed E-state index contributed by atoms with van der Waals surface area (Å²) in [7, 11) is 1.23. The number of rotatable bonds is 5. The van der Waals surface area contributed by atoms with Gasteiger partial charge in [0.15, 0.2) is 0 Å². The molecule has 0 aliphatic heterocycles. The maximum absolute atomic E-state index is 13.3. The first-order valence-corrected chi connectivity index (χ1v) is 7.99. The van der Waals surface area contributed by atoms with Gasteiger partial charge in [-0.3, -0.25) is 9.78 Å². The highest BCUT2D eigenvalue weighted by molar-refractivity contribution is 5.56. The summed E-state index contributed by atoms with van der Waals surface area (Å²) in [5, 5.41) is 4.18. The molecule has 0 atom stereocenters. The van der Waals surface area contributed by atoms with E-state index in [0.29, 0.717) is 16.8 Å². The van der Waals surface area contributed by atoms with Gasteiger partial charge < -0.3 is 4.90 Å². The fourth-order valence-corrected chi connectivity index (χ4v) is 2.42. The molecular formula is C17H14F4N6O. The van der Waals surface area contributed by atoms with Crippen molar-refractivity contribution in [1.29, 1.82) is 0 Å². The van der Waals surface area contributed by atoms with E-state index < -0.39 is 24.1 Å². The Labute approximate surface area is 156 Å². The van der Waals surface area contributed by atoms with Gasteiger partial charge in [-0.1, -0.05) is 0 Å². The zero-order valence-corrected chi connectivity index (χ0v) is 14.6. The van der Waals surface area contributed by atoms with Crippen LogP contribution in [0.5, 0.6) is 0 Å². The lowest BCUT2D eigenvalue weighted by Gasteiger charge is -2.18. The van der Waals surface area contributed by atoms with Gasteiger partial charge in [-0.05, 0) is 17.7 Å². The van der Waals surface area contributed by atoms with Gasteiger partial charge in [-0.25, -0.2) is 19.0 Å². The molecule has 28 heavy (non-hydrogen) atoms. The molecule has 0 radical (unpaired) electrons. The Morgan fingerprint density at radius 3 is 2.46 bits per heavy atom. The number of hydrogen-bond donors (Lipinski definition) is 0. The molecular weight excluding hydrogens is 380 g/mol. The Balaban J connectivity index is 1.83. The van der Waals surface area contributed by atoms with E-state index in [1.165, 1.54) is 43.8 Å². The second kappa shape index (κ2) is 7.71. The molecule has 3 aromatic heterocycles. The topological polar surface area (TPSA) is 76.8 Å². The molecule has 0 saturated heterocycles. The van der Waals surface area contributed by atoms with Crippen LogP contribution < -0.4 is 10.5 Å². The zero-order valence-electron chi connectivity index (χ0n) is 14.6. The minimum atomic E-state index is -4.38. The van der Waals surface area contributed by atoms with Crippen molar-refractivity contribution >= 4 is 5.95 Å². The van der Waals surface area contributed by atoms with Gasteiger partial charge >= 0.3 is 6.18 Å². The maximum atomic E-state index is 13.3. The summed E-state index contributed by atoms with van der Waals surface area (Å²) in [6.45, 7) is -1.18. The number of pyridine rings is 1. The lowest BCUT2D eigenvalue weighted by atomic mass is 10.2. The summed E-state index contributed by atoms with van der Waals surface area (Å²) in [6.07, 6.45) is 0.717. The molecule has 0 fully saturated rings. The lowest BCUT2D eigenvalue weighted by Crippen LogP contribution is -2.32. The van der Waals surface area contributed by atoms with Crippen LogP contribution in [-0.4, -0.2) is 44.5 Å². The van der Waals surface area contributed by atoms with Crippen molar-refractivity contribution in [3.8, 4) is 11.3 Å². The highest BCUT2D eigenvalue weighted by Gasteiger charge is 2.30. The predicted octanol–water partition coefficient (Wildman–Crippen LogP) is 2.28. The molecule has 11 heteroatoms. The number of nitrogens with zero attached hydrogens (tertiary/aromatic N) is 6. The number of aromatic nitrogens is 5. The fourth-order valence-electron chi connectivity index (χ4n) is 2.42. The molecule has 0 saturated carbocycles. The van der Waals surface area contributed by atoms with Gasteiger partial charge in [0.05, 0.1) is 18.4 Å². The average molecular weight is 394 g/mol. The third-order valence-electron chi connectivity index (χ3n) is 3.65. The number of alkyl halides is 3. The summed E-state index contributed by atoms with van der Waals surface area (Å²) >= 11 is 0. The highest BCUT2D eigenvalue weighted by atomic mass is 19.4. The average Bonchev–Trinajstić information content (AvgIpc) is 2.62. The van der Waals surface area contributed by atoms with Crippen molar-refractivity contribution in [3.05, 3.63) is 64.7 Å². The molecule has 0 N–H and O–H groups in total. The van der Waals surface area contributed by atoms with Gasteiger partial charge in [-0.2, -0.15) is 18.3 Å². The van der Waals surface area contributed by atoms with E-state index in [2.05, 4.69) is 20.1 Å². The summed E-state index contributed by atoms with van der Waals surface area (Å²) < 4.78 is 51.7. The SMILES string of the molecule is CN(CC(F)(F)F)c1ncc(-c2ccc(=O)n(Cc3cncc(F)c3)n2)cn1. The maximum Gasteiger partial charge on any atom is 0.406 e. The molecule has 0 aliphatic rings. The third-order valence-corrected chi connectivity index (χ3v) is 3.65. The number of hydrogen-bond acceptors (Lipinski definition) is 6. The molecule has 3 aromatic rings. The smallest absolute Gasteiger partial charge is 0.335 e. The first-order valence-electron chi connectivity index (χ1n) is 7.99. The molecule has 0 aromatic carbocycles. The molecule has 3 heterocycles. The molecule has 3 rings (SSSR count). The van der Waals surface area contributed by atoms with Crippen molar-refractivity contribution < 1.29 is 17.6 Å². The Kier molecular flexibility index (Phi) is 5.34. The van der Waals surface area contributed by atoms with Crippen LogP contribution in [0.15, 0.2) is 47.8 Å². The zero-order chi connectivity index (χ0) is 20.3. The van der Waals surface area contributed by atoms with E-state index in [1.807, 2.05) is 0 Å². The van der Waals surface area contributed by atoms with Crippen LogP contribution in [0.4, 0.5) is 23.5 Å². The van der Waals surface area contributed by atoms with Crippen LogP contribution in [-0.2, 0) is 6.54 Å². The Bertz CT molecular complexity index is 1020. The number of anilines is 1. The summed E-state index contributed by atoms with van der Waals surface area (Å²) in [5.41, 5.74) is 0.798. The van der Waals surface area contributed by atoms with Crippen molar-refractivity contribution in [2.45, 2.75) is 12.7 Å². The minimum absolute atomic E-state index is 0.00466. The van der Waals surface area contributed by atoms with E-state index >= 15 is 0 Å². The van der Waals surface area contributed by atoms with Crippen molar-refractivity contribution in [2.24, 2.45) is 0 Å². The van der Waals surface area contributed by atoms with Crippen LogP contribution in [0.25, 0.3) is 11.3 Å². The van der Waals surface area contributed by atoms with Gasteiger partial charge in [-0.15, -0.1) is 0 Å². The van der Waals surface area contributed by atoms with Crippen LogP contribution >= 0.6 is 0 Å². The standard InChI is InChI=1S/C17H14F4N6O/c1-26(10-17(19,20)21)16-23-6-12(7-24-16)14-2-3-15(28)27(25-14)9-11-4-13(18)8-22-5-11/h2-8H,9-10H2,1H3. The second-order valence-corrected chi connectivity index (χ2v) is 5.97. The van der Waals surface area contributed by atoms with E-state index in [4.69, 9.17) is 0 Å². The summed E-state index contributed by atoms with van der Waals surface area (Å²) in [5.74, 6) is -0.631. The molecule has 0 unspecified atom stereocenters. The molecule has 0 aliphatic carbocycles. The highest BCUT2D eigenvalue weighted by Crippen LogP contribution is 2.20. The van der Waals surface area contributed by atoms with Gasteiger partial charge in [0.2, 0.25) is 5.95 Å². The molecule has 0 bridgehead atoms. The monoisotopic (exact) mass is 394 g/mol. The predicted molar refractivity (Wildman–Crippen MR) is 92.1 cm³/mol. The second-order valence-electron chi connectivity index (χ2n) is 5.97. The van der Waals surface area contributed by atoms with Crippen LogP contribution in [0.2, 0.25) is 0 Å². The Morgan fingerprint density at radius 2 is 1.82 bits per heavy atom. The Morgan fingerprint density at radius 1 is 1.11 bits per heavy atom. The summed E-state index contributed by atoms with van der Waals surface area (Å²) in [4.78, 5) is 24.4. The molecule has 0 amide bonds. The Hall–Kier alpha value is -3.37. The minimum Gasteiger partial charge on any atom is -0.335 e. The molecule has 0 spiro atoms. The van der Waals surface area contributed by atoms with E-state index in [9.17, 15) is 22.4 Å². The van der Waals surface area contributed by atoms with E-state index in [0.717, 1.165) is 15.8 Å². The van der Waals surface area contributed by atoms with Crippen LogP contribution in [0.3, 0.4) is 0 Å². The number of halogens is 4.